The van der Waals surface area contributed by atoms with E-state index in [2.05, 4.69) is 15.2 Å². The Bertz CT molecular complexity index is 1070. The number of benzene rings is 2. The molecule has 156 valence electrons. The number of carbonyl (C=O) groups is 2. The van der Waals surface area contributed by atoms with Gasteiger partial charge in [-0.05, 0) is 56.3 Å². The summed E-state index contributed by atoms with van der Waals surface area (Å²) in [5.41, 5.74) is 2.67. The van der Waals surface area contributed by atoms with Crippen LogP contribution in [0, 0.1) is 0 Å². The van der Waals surface area contributed by atoms with Gasteiger partial charge in [0.2, 0.25) is 5.91 Å². The zero-order valence-corrected chi connectivity index (χ0v) is 17.4. The molecule has 30 heavy (non-hydrogen) atoms. The van der Waals surface area contributed by atoms with E-state index >= 15 is 0 Å². The van der Waals surface area contributed by atoms with Crippen molar-refractivity contribution in [1.29, 1.82) is 0 Å². The number of para-hydroxylation sites is 1. The minimum absolute atomic E-state index is 0.150. The molecule has 1 saturated heterocycles. The average Bonchev–Trinajstić information content (AvgIpc) is 3.17. The molecule has 0 bridgehead atoms. The lowest BCUT2D eigenvalue weighted by atomic mass is 9.96. The number of methoxy groups -OCH3 is 1. The van der Waals surface area contributed by atoms with E-state index in [0.717, 1.165) is 42.8 Å². The number of nitrogens with zero attached hydrogens (tertiary/aromatic N) is 2. The predicted octanol–water partition coefficient (Wildman–Crippen LogP) is 3.82. The van der Waals surface area contributed by atoms with Crippen molar-refractivity contribution >= 4 is 40.2 Å². The molecule has 3 aromatic rings. The van der Waals surface area contributed by atoms with Crippen LogP contribution in [0.25, 0.3) is 11.0 Å². The molecule has 1 fully saturated rings. The quantitative estimate of drug-likeness (QED) is 0.605. The summed E-state index contributed by atoms with van der Waals surface area (Å²) in [5.74, 6) is 0.681. The van der Waals surface area contributed by atoms with Gasteiger partial charge in [-0.2, -0.15) is 0 Å². The molecule has 0 radical (unpaired) electrons. The molecular formula is C22H23ClN4O3. The van der Waals surface area contributed by atoms with Gasteiger partial charge >= 0.3 is 5.97 Å². The van der Waals surface area contributed by atoms with Gasteiger partial charge < -0.3 is 15.0 Å². The number of piperidine rings is 1. The number of aromatic nitrogens is 2. The highest BCUT2D eigenvalue weighted by Crippen LogP contribution is 2.28. The number of hydrogen-bond donors (Lipinski definition) is 2. The molecule has 0 saturated carbocycles. The summed E-state index contributed by atoms with van der Waals surface area (Å²) in [6.45, 7) is 1.88. The summed E-state index contributed by atoms with van der Waals surface area (Å²) >= 11 is 6.06. The zero-order valence-electron chi connectivity index (χ0n) is 16.7. The third-order valence-electron chi connectivity index (χ3n) is 5.41. The molecule has 0 unspecified atom stereocenters. The Balaban J connectivity index is 1.33. The standard InChI is InChI=1S/C22H23ClN4O3/c1-30-22(29)16-4-2-3-5-17(16)24-20(28)13-27-10-8-14(9-11-27)21-25-18-7-6-15(23)12-19(18)26-21/h2-7,12,14H,8-11,13H2,1H3,(H,24,28)(H,25,26). The van der Waals surface area contributed by atoms with Crippen LogP contribution in [-0.2, 0) is 9.53 Å². The lowest BCUT2D eigenvalue weighted by molar-refractivity contribution is -0.117. The van der Waals surface area contributed by atoms with Gasteiger partial charge in [0.1, 0.15) is 5.82 Å². The van der Waals surface area contributed by atoms with Crippen molar-refractivity contribution in [2.45, 2.75) is 18.8 Å². The smallest absolute Gasteiger partial charge is 0.339 e. The van der Waals surface area contributed by atoms with Crippen molar-refractivity contribution in [3.63, 3.8) is 0 Å². The van der Waals surface area contributed by atoms with E-state index in [4.69, 9.17) is 21.3 Å². The molecule has 2 aromatic carbocycles. The summed E-state index contributed by atoms with van der Waals surface area (Å²) in [6.07, 6.45) is 1.83. The van der Waals surface area contributed by atoms with Crippen LogP contribution < -0.4 is 5.32 Å². The Kier molecular flexibility index (Phi) is 6.01. The first-order valence-corrected chi connectivity index (χ1v) is 10.3. The highest BCUT2D eigenvalue weighted by Gasteiger charge is 2.24. The number of rotatable bonds is 5. The fourth-order valence-electron chi connectivity index (χ4n) is 3.83. The Hall–Kier alpha value is -2.90. The number of fused-ring (bicyclic) bond motifs is 1. The molecule has 0 spiro atoms. The van der Waals surface area contributed by atoms with Crippen molar-refractivity contribution in [3.05, 3.63) is 58.9 Å². The van der Waals surface area contributed by atoms with Crippen molar-refractivity contribution in [2.24, 2.45) is 0 Å². The maximum atomic E-state index is 12.5. The van der Waals surface area contributed by atoms with Crippen LogP contribution in [0.15, 0.2) is 42.5 Å². The largest absolute Gasteiger partial charge is 0.465 e. The summed E-state index contributed by atoms with van der Waals surface area (Å²) in [4.78, 5) is 34.6. The van der Waals surface area contributed by atoms with Crippen LogP contribution >= 0.6 is 11.6 Å². The second-order valence-electron chi connectivity index (χ2n) is 7.42. The van der Waals surface area contributed by atoms with E-state index in [1.54, 1.807) is 24.3 Å². The zero-order chi connectivity index (χ0) is 21.1. The third kappa shape index (κ3) is 4.47. The topological polar surface area (TPSA) is 87.3 Å². The normalized spacial score (nSPS) is 15.3. The lowest BCUT2D eigenvalue weighted by Crippen LogP contribution is -2.39. The van der Waals surface area contributed by atoms with E-state index in [0.29, 0.717) is 22.2 Å². The van der Waals surface area contributed by atoms with Crippen molar-refractivity contribution < 1.29 is 14.3 Å². The molecule has 8 heteroatoms. The maximum Gasteiger partial charge on any atom is 0.339 e. The van der Waals surface area contributed by atoms with Gasteiger partial charge in [0.05, 0.1) is 35.9 Å². The third-order valence-corrected chi connectivity index (χ3v) is 5.65. The number of nitrogens with one attached hydrogen (secondary N) is 2. The first-order valence-electron chi connectivity index (χ1n) is 9.88. The molecule has 1 aromatic heterocycles. The average molecular weight is 427 g/mol. The molecule has 4 rings (SSSR count). The van der Waals surface area contributed by atoms with Gasteiger partial charge in [0.15, 0.2) is 0 Å². The van der Waals surface area contributed by atoms with Gasteiger partial charge in [-0.3, -0.25) is 9.69 Å². The summed E-state index contributed by atoms with van der Waals surface area (Å²) < 4.78 is 4.77. The van der Waals surface area contributed by atoms with E-state index in [1.807, 2.05) is 18.2 Å². The SMILES string of the molecule is COC(=O)c1ccccc1NC(=O)CN1CCC(c2nc3ccc(Cl)cc3[nH]2)CC1. The number of aromatic amines is 1. The first-order chi connectivity index (χ1) is 14.5. The molecular weight excluding hydrogens is 404 g/mol. The molecule has 0 aliphatic carbocycles. The summed E-state index contributed by atoms with van der Waals surface area (Å²) in [5, 5.41) is 3.51. The van der Waals surface area contributed by atoms with Gasteiger partial charge in [0.25, 0.3) is 0 Å². The minimum atomic E-state index is -0.473. The van der Waals surface area contributed by atoms with Crippen LogP contribution in [0.3, 0.4) is 0 Å². The number of ether oxygens (including phenoxy) is 1. The number of anilines is 1. The maximum absolute atomic E-state index is 12.5. The molecule has 2 heterocycles. The van der Waals surface area contributed by atoms with Crippen molar-refractivity contribution in [2.75, 3.05) is 32.1 Å². The highest BCUT2D eigenvalue weighted by atomic mass is 35.5. The number of esters is 1. The van der Waals surface area contributed by atoms with E-state index in [9.17, 15) is 9.59 Å². The van der Waals surface area contributed by atoms with Gasteiger partial charge in [-0.15, -0.1) is 0 Å². The minimum Gasteiger partial charge on any atom is -0.465 e. The number of amides is 1. The summed E-state index contributed by atoms with van der Waals surface area (Å²) in [7, 11) is 1.32. The molecule has 0 atom stereocenters. The van der Waals surface area contributed by atoms with Crippen LogP contribution in [0.1, 0.15) is 34.9 Å². The van der Waals surface area contributed by atoms with Gasteiger partial charge in [-0.25, -0.2) is 9.78 Å². The number of likely N-dealkylation sites (tertiary alicyclic amines) is 1. The number of halogens is 1. The Morgan fingerprint density at radius 1 is 1.23 bits per heavy atom. The molecule has 1 aliphatic heterocycles. The second-order valence-corrected chi connectivity index (χ2v) is 7.86. The predicted molar refractivity (Wildman–Crippen MR) is 116 cm³/mol. The van der Waals surface area contributed by atoms with Crippen LogP contribution in [0.4, 0.5) is 5.69 Å². The van der Waals surface area contributed by atoms with E-state index < -0.39 is 5.97 Å². The van der Waals surface area contributed by atoms with Crippen molar-refractivity contribution in [3.8, 4) is 0 Å². The number of imidazole rings is 1. The molecule has 7 nitrogen and oxygen atoms in total. The van der Waals surface area contributed by atoms with E-state index in [1.165, 1.54) is 7.11 Å². The second kappa shape index (κ2) is 8.85. The van der Waals surface area contributed by atoms with Gasteiger partial charge in [-0.1, -0.05) is 23.7 Å². The first kappa shape index (κ1) is 20.4. The molecule has 2 N–H and O–H groups in total. The lowest BCUT2D eigenvalue weighted by Gasteiger charge is -2.30. The molecule has 1 amide bonds. The highest BCUT2D eigenvalue weighted by molar-refractivity contribution is 6.31. The number of H-pyrrole nitrogens is 1. The summed E-state index contributed by atoms with van der Waals surface area (Å²) in [6, 6.07) is 12.5. The van der Waals surface area contributed by atoms with Gasteiger partial charge in [0, 0.05) is 10.9 Å². The van der Waals surface area contributed by atoms with Crippen molar-refractivity contribution in [1.82, 2.24) is 14.9 Å². The number of hydrogen-bond acceptors (Lipinski definition) is 5. The van der Waals surface area contributed by atoms with E-state index in [-0.39, 0.29) is 12.5 Å². The van der Waals surface area contributed by atoms with Crippen LogP contribution in [0.5, 0.6) is 0 Å². The Labute approximate surface area is 179 Å². The van der Waals surface area contributed by atoms with Crippen LogP contribution in [-0.4, -0.2) is 53.5 Å². The Morgan fingerprint density at radius 2 is 2.00 bits per heavy atom. The number of carbonyl (C=O) groups excluding carboxylic acids is 2. The monoisotopic (exact) mass is 426 g/mol. The fraction of sp³-hybridized carbons (Fsp3) is 0.318. The Morgan fingerprint density at radius 3 is 2.77 bits per heavy atom. The fourth-order valence-corrected chi connectivity index (χ4v) is 4.00. The molecule has 1 aliphatic rings. The van der Waals surface area contributed by atoms with Crippen LogP contribution in [0.2, 0.25) is 5.02 Å².